The van der Waals surface area contributed by atoms with Gasteiger partial charge in [0.05, 0.1) is 17.9 Å². The van der Waals surface area contributed by atoms with E-state index in [0.29, 0.717) is 21.1 Å². The molecule has 1 aromatic heterocycles. The van der Waals surface area contributed by atoms with Crippen LogP contribution in [0.25, 0.3) is 0 Å². The van der Waals surface area contributed by atoms with Crippen molar-refractivity contribution in [2.45, 2.75) is 42.8 Å². The summed E-state index contributed by atoms with van der Waals surface area (Å²) in [5.41, 5.74) is 0.129. The molecule has 6 nitrogen and oxygen atoms in total. The molecule has 170 valence electrons. The van der Waals surface area contributed by atoms with E-state index in [9.17, 15) is 13.2 Å². The Bertz CT molecular complexity index is 901. The highest BCUT2D eigenvalue weighted by Gasteiger charge is 2.31. The summed E-state index contributed by atoms with van der Waals surface area (Å²) in [6, 6.07) is 5.39. The van der Waals surface area contributed by atoms with E-state index in [-0.39, 0.29) is 10.8 Å². The second kappa shape index (κ2) is 11.8. The van der Waals surface area contributed by atoms with Gasteiger partial charge in [0, 0.05) is 24.2 Å². The van der Waals surface area contributed by atoms with Crippen LogP contribution in [0.2, 0.25) is 0 Å². The maximum absolute atomic E-state index is 13.4. The Hall–Kier alpha value is -1.63. The van der Waals surface area contributed by atoms with Crippen molar-refractivity contribution in [2.24, 2.45) is 0 Å². The lowest BCUT2D eigenvalue weighted by Gasteiger charge is -2.20. The third-order valence-electron chi connectivity index (χ3n) is 3.89. The molecule has 0 radical (unpaired) electrons. The third kappa shape index (κ3) is 8.09. The Labute approximate surface area is 197 Å². The minimum Gasteiger partial charge on any atom is -0.383 e. The second-order valence-electron chi connectivity index (χ2n) is 6.36. The topological polar surface area (TPSA) is 62.3 Å². The average molecular weight is 538 g/mol. The van der Waals surface area contributed by atoms with Crippen molar-refractivity contribution in [1.82, 2.24) is 15.3 Å². The van der Waals surface area contributed by atoms with Crippen molar-refractivity contribution >= 4 is 56.4 Å². The van der Waals surface area contributed by atoms with Gasteiger partial charge in [0.25, 0.3) is 0 Å². The molecule has 0 saturated heterocycles. The quantitative estimate of drug-likeness (QED) is 0.222. The van der Waals surface area contributed by atoms with E-state index >= 15 is 0 Å². The normalized spacial score (nSPS) is 11.3. The maximum Gasteiger partial charge on any atom is 0.416 e. The van der Waals surface area contributed by atoms with E-state index in [1.807, 2.05) is 0 Å². The third-order valence-corrected chi connectivity index (χ3v) is 5.71. The number of thiocarbonyl (C=S) groups is 1. The lowest BCUT2D eigenvalue weighted by molar-refractivity contribution is -0.137. The van der Waals surface area contributed by atoms with E-state index < -0.39 is 11.7 Å². The molecule has 0 bridgehead atoms. The number of nitrogens with one attached hydrogen (secondary N) is 2. The minimum absolute atomic E-state index is 0.142. The monoisotopic (exact) mass is 537 g/mol. The first-order valence-electron chi connectivity index (χ1n) is 9.48. The predicted octanol–water partition coefficient (Wildman–Crippen LogP) is 6.20. The van der Waals surface area contributed by atoms with Crippen LogP contribution in [0.1, 0.15) is 32.3 Å². The molecule has 1 aromatic carbocycles. The van der Waals surface area contributed by atoms with Crippen LogP contribution in [0.15, 0.2) is 38.8 Å². The molecule has 0 amide bonds. The number of halogens is 4. The first-order chi connectivity index (χ1) is 14.6. The highest BCUT2D eigenvalue weighted by atomic mass is 79.9. The molecule has 2 N–H and O–H groups in total. The second-order valence-corrected chi connectivity index (χ2v) is 8.59. The number of unbranched alkanes of at least 4 members (excludes halogenated alkanes) is 1. The number of anilines is 2. The van der Waals surface area contributed by atoms with Gasteiger partial charge in [0.15, 0.2) is 9.72 Å². The molecular formula is C19H23BrF3N5OS2. The summed E-state index contributed by atoms with van der Waals surface area (Å²) in [6.07, 6.45) is -2.50. The van der Waals surface area contributed by atoms with Gasteiger partial charge in [0.1, 0.15) is 5.03 Å². The van der Waals surface area contributed by atoms with Gasteiger partial charge in [-0.2, -0.15) is 13.2 Å². The molecule has 2 aromatic rings. The summed E-state index contributed by atoms with van der Waals surface area (Å²) in [5, 5.41) is 16.0. The van der Waals surface area contributed by atoms with Gasteiger partial charge < -0.3 is 10.6 Å². The SMILES string of the molecule is CCCCNc1cc(Sc2cc(NC(=S)N(C)OCC)cc(C(F)(F)F)c2)nnc1Br. The first kappa shape index (κ1) is 25.6. The summed E-state index contributed by atoms with van der Waals surface area (Å²) < 4.78 is 40.9. The molecule has 0 saturated carbocycles. The van der Waals surface area contributed by atoms with Crippen molar-refractivity contribution in [3.05, 3.63) is 34.4 Å². The summed E-state index contributed by atoms with van der Waals surface area (Å²) in [7, 11) is 1.58. The summed E-state index contributed by atoms with van der Waals surface area (Å²) in [6.45, 7) is 4.99. The zero-order chi connectivity index (χ0) is 23.0. The zero-order valence-corrected chi connectivity index (χ0v) is 20.4. The number of hydrogen-bond donors (Lipinski definition) is 2. The Morgan fingerprint density at radius 2 is 1.97 bits per heavy atom. The summed E-state index contributed by atoms with van der Waals surface area (Å²) >= 11 is 9.59. The van der Waals surface area contributed by atoms with Crippen LogP contribution in [0.5, 0.6) is 0 Å². The van der Waals surface area contributed by atoms with Gasteiger partial charge in [-0.25, -0.2) is 5.06 Å². The number of nitrogens with zero attached hydrogens (tertiary/aromatic N) is 3. The van der Waals surface area contributed by atoms with Gasteiger partial charge >= 0.3 is 6.18 Å². The molecule has 31 heavy (non-hydrogen) atoms. The van der Waals surface area contributed by atoms with Crippen LogP contribution in [0, 0.1) is 0 Å². The van der Waals surface area contributed by atoms with Crippen LogP contribution in [0.3, 0.4) is 0 Å². The Morgan fingerprint density at radius 1 is 1.23 bits per heavy atom. The van der Waals surface area contributed by atoms with Crippen LogP contribution in [-0.2, 0) is 11.0 Å². The van der Waals surface area contributed by atoms with E-state index in [2.05, 4.69) is 43.7 Å². The maximum atomic E-state index is 13.4. The van der Waals surface area contributed by atoms with Crippen molar-refractivity contribution in [2.75, 3.05) is 30.8 Å². The molecular weight excluding hydrogens is 515 g/mol. The van der Waals surface area contributed by atoms with E-state index in [1.54, 1.807) is 26.1 Å². The molecule has 0 aliphatic carbocycles. The van der Waals surface area contributed by atoms with E-state index in [4.69, 9.17) is 17.1 Å². The standard InChI is InChI=1S/C19H23BrF3N5OS2/c1-4-6-7-24-15-11-16(26-27-17(15)20)31-14-9-12(19(21,22)23)8-13(10-14)25-18(30)28(3)29-5-2/h8-11H,4-7H2,1-3H3,(H,24,26)(H,25,30). The first-order valence-corrected chi connectivity index (χ1v) is 11.5. The van der Waals surface area contributed by atoms with Gasteiger partial charge in [-0.3, -0.25) is 4.84 Å². The number of hydrogen-bond acceptors (Lipinski definition) is 6. The minimum atomic E-state index is -4.52. The van der Waals surface area contributed by atoms with Crippen LogP contribution in [-0.4, -0.2) is 40.6 Å². The van der Waals surface area contributed by atoms with Crippen molar-refractivity contribution < 1.29 is 18.0 Å². The lowest BCUT2D eigenvalue weighted by Crippen LogP contribution is -2.31. The van der Waals surface area contributed by atoms with Crippen LogP contribution in [0.4, 0.5) is 24.5 Å². The lowest BCUT2D eigenvalue weighted by atomic mass is 10.2. The van der Waals surface area contributed by atoms with E-state index in [1.165, 1.54) is 5.06 Å². The molecule has 0 atom stereocenters. The largest absolute Gasteiger partial charge is 0.416 e. The highest BCUT2D eigenvalue weighted by molar-refractivity contribution is 9.10. The number of aromatic nitrogens is 2. The predicted molar refractivity (Wildman–Crippen MR) is 124 cm³/mol. The number of rotatable bonds is 9. The number of hydroxylamine groups is 2. The van der Waals surface area contributed by atoms with Crippen molar-refractivity contribution in [3.63, 3.8) is 0 Å². The zero-order valence-electron chi connectivity index (χ0n) is 17.2. The molecule has 0 unspecified atom stereocenters. The fourth-order valence-electron chi connectivity index (χ4n) is 2.40. The fourth-order valence-corrected chi connectivity index (χ4v) is 3.78. The molecule has 0 aliphatic heterocycles. The fraction of sp³-hybridized carbons (Fsp3) is 0.421. The van der Waals surface area contributed by atoms with Crippen LogP contribution >= 0.6 is 39.9 Å². The highest BCUT2D eigenvalue weighted by Crippen LogP contribution is 2.37. The Kier molecular flexibility index (Phi) is 9.79. The summed E-state index contributed by atoms with van der Waals surface area (Å²) in [4.78, 5) is 5.58. The molecule has 1 heterocycles. The molecule has 2 rings (SSSR count). The molecule has 12 heteroatoms. The van der Waals surface area contributed by atoms with Crippen LogP contribution < -0.4 is 10.6 Å². The Balaban J connectivity index is 2.29. The average Bonchev–Trinajstić information content (AvgIpc) is 2.70. The van der Waals surface area contributed by atoms with Gasteiger partial charge in [-0.05, 0) is 65.8 Å². The molecule has 0 aliphatic rings. The smallest absolute Gasteiger partial charge is 0.383 e. The summed E-state index contributed by atoms with van der Waals surface area (Å²) in [5.74, 6) is 0. The molecule has 0 spiro atoms. The van der Waals surface area contributed by atoms with Gasteiger partial charge in [-0.15, -0.1) is 10.2 Å². The number of alkyl halides is 3. The molecule has 0 fully saturated rings. The van der Waals surface area contributed by atoms with Crippen molar-refractivity contribution in [1.29, 1.82) is 0 Å². The van der Waals surface area contributed by atoms with E-state index in [0.717, 1.165) is 49.0 Å². The number of benzene rings is 1. The van der Waals surface area contributed by atoms with Gasteiger partial charge in [0.2, 0.25) is 0 Å². The Morgan fingerprint density at radius 3 is 2.61 bits per heavy atom. The van der Waals surface area contributed by atoms with Gasteiger partial charge in [-0.1, -0.05) is 25.1 Å². The van der Waals surface area contributed by atoms with Crippen molar-refractivity contribution in [3.8, 4) is 0 Å².